The lowest BCUT2D eigenvalue weighted by Crippen LogP contribution is -2.01. The monoisotopic (exact) mass is 323 g/mol. The molecule has 0 aliphatic carbocycles. The summed E-state index contributed by atoms with van der Waals surface area (Å²) in [5.74, 6) is -2.23. The second-order valence-electron chi connectivity index (χ2n) is 3.76. The van der Waals surface area contributed by atoms with Gasteiger partial charge in [-0.1, -0.05) is 34.1 Å². The Balaban J connectivity index is 2.22. The largest absolute Gasteiger partial charge is 0.486 e. The van der Waals surface area contributed by atoms with E-state index in [1.165, 1.54) is 6.07 Å². The third-order valence-corrected chi connectivity index (χ3v) is 2.94. The molecule has 0 fully saturated rings. The molecule has 2 aromatic rings. The van der Waals surface area contributed by atoms with Gasteiger partial charge in [-0.15, -0.1) is 0 Å². The first kappa shape index (κ1) is 13.5. The number of benzene rings is 2. The van der Waals surface area contributed by atoms with Gasteiger partial charge < -0.3 is 4.74 Å². The SMILES string of the molecule is N#Cc1ccccc1COc1cc(Br)cc(F)c1F. The van der Waals surface area contributed by atoms with Crippen LogP contribution < -0.4 is 4.74 Å². The lowest BCUT2D eigenvalue weighted by Gasteiger charge is -2.09. The zero-order valence-corrected chi connectivity index (χ0v) is 11.2. The molecule has 0 radical (unpaired) electrons. The van der Waals surface area contributed by atoms with Crippen molar-refractivity contribution >= 4 is 15.9 Å². The maximum absolute atomic E-state index is 13.5. The molecule has 0 spiro atoms. The van der Waals surface area contributed by atoms with Crippen LogP contribution in [0.1, 0.15) is 11.1 Å². The van der Waals surface area contributed by atoms with Crippen molar-refractivity contribution in [1.29, 1.82) is 5.26 Å². The Morgan fingerprint density at radius 1 is 1.21 bits per heavy atom. The van der Waals surface area contributed by atoms with Crippen molar-refractivity contribution in [3.05, 3.63) is 63.6 Å². The Morgan fingerprint density at radius 2 is 1.95 bits per heavy atom. The van der Waals surface area contributed by atoms with E-state index in [0.29, 0.717) is 15.6 Å². The van der Waals surface area contributed by atoms with Crippen LogP contribution in [0.15, 0.2) is 40.9 Å². The summed E-state index contributed by atoms with van der Waals surface area (Å²) in [7, 11) is 0. The predicted molar refractivity (Wildman–Crippen MR) is 69.5 cm³/mol. The fourth-order valence-corrected chi connectivity index (χ4v) is 1.96. The van der Waals surface area contributed by atoms with Gasteiger partial charge in [-0.05, 0) is 18.2 Å². The predicted octanol–water partition coefficient (Wildman–Crippen LogP) is 4.18. The van der Waals surface area contributed by atoms with Crippen LogP contribution in [0.5, 0.6) is 5.75 Å². The third-order valence-electron chi connectivity index (χ3n) is 2.48. The van der Waals surface area contributed by atoms with E-state index in [0.717, 1.165) is 6.07 Å². The molecule has 0 aromatic heterocycles. The van der Waals surface area contributed by atoms with E-state index in [2.05, 4.69) is 15.9 Å². The van der Waals surface area contributed by atoms with Crippen LogP contribution in [0, 0.1) is 23.0 Å². The fraction of sp³-hybridized carbons (Fsp3) is 0.0714. The van der Waals surface area contributed by atoms with E-state index in [-0.39, 0.29) is 12.4 Å². The molecule has 2 nitrogen and oxygen atoms in total. The van der Waals surface area contributed by atoms with Crippen molar-refractivity contribution in [2.45, 2.75) is 6.61 Å². The highest BCUT2D eigenvalue weighted by Crippen LogP contribution is 2.26. The van der Waals surface area contributed by atoms with Gasteiger partial charge in [-0.2, -0.15) is 9.65 Å². The fourth-order valence-electron chi connectivity index (χ4n) is 1.55. The lowest BCUT2D eigenvalue weighted by atomic mass is 10.1. The first-order valence-electron chi connectivity index (χ1n) is 5.37. The topological polar surface area (TPSA) is 33.0 Å². The average molecular weight is 324 g/mol. The molecule has 19 heavy (non-hydrogen) atoms. The summed E-state index contributed by atoms with van der Waals surface area (Å²) in [6, 6.07) is 11.2. The molecule has 0 bridgehead atoms. The molecule has 2 rings (SSSR count). The van der Waals surface area contributed by atoms with Gasteiger partial charge in [0.05, 0.1) is 11.6 Å². The summed E-state index contributed by atoms with van der Waals surface area (Å²) in [6.07, 6.45) is 0. The van der Waals surface area contributed by atoms with E-state index >= 15 is 0 Å². The highest BCUT2D eigenvalue weighted by molar-refractivity contribution is 9.10. The van der Waals surface area contributed by atoms with Crippen LogP contribution in [-0.2, 0) is 6.61 Å². The van der Waals surface area contributed by atoms with Crippen molar-refractivity contribution < 1.29 is 13.5 Å². The second kappa shape index (κ2) is 5.81. The van der Waals surface area contributed by atoms with Gasteiger partial charge in [0.1, 0.15) is 6.61 Å². The van der Waals surface area contributed by atoms with Crippen LogP contribution >= 0.6 is 15.9 Å². The summed E-state index contributed by atoms with van der Waals surface area (Å²) < 4.78 is 32.3. The summed E-state index contributed by atoms with van der Waals surface area (Å²) in [5.41, 5.74) is 1.06. The molecule has 96 valence electrons. The number of nitrogens with zero attached hydrogens (tertiary/aromatic N) is 1. The summed E-state index contributed by atoms with van der Waals surface area (Å²) in [4.78, 5) is 0. The van der Waals surface area contributed by atoms with Gasteiger partial charge in [0, 0.05) is 10.0 Å². The number of hydrogen-bond acceptors (Lipinski definition) is 2. The molecule has 0 aliphatic heterocycles. The van der Waals surface area contributed by atoms with E-state index < -0.39 is 11.6 Å². The quantitative estimate of drug-likeness (QED) is 0.794. The van der Waals surface area contributed by atoms with Crippen molar-refractivity contribution in [3.63, 3.8) is 0 Å². The summed E-state index contributed by atoms with van der Waals surface area (Å²) in [6.45, 7) is -0.00343. The highest BCUT2D eigenvalue weighted by atomic mass is 79.9. The van der Waals surface area contributed by atoms with E-state index in [4.69, 9.17) is 10.00 Å². The molecule has 0 saturated carbocycles. The molecule has 2 aromatic carbocycles. The minimum atomic E-state index is -1.04. The number of ether oxygens (including phenoxy) is 1. The lowest BCUT2D eigenvalue weighted by molar-refractivity contribution is 0.284. The second-order valence-corrected chi connectivity index (χ2v) is 4.67. The van der Waals surface area contributed by atoms with Crippen LogP contribution in [0.3, 0.4) is 0 Å². The van der Waals surface area contributed by atoms with Crippen molar-refractivity contribution in [2.24, 2.45) is 0 Å². The van der Waals surface area contributed by atoms with Gasteiger partial charge in [-0.25, -0.2) is 4.39 Å². The molecule has 0 atom stereocenters. The molecular formula is C14H8BrF2NO. The van der Waals surface area contributed by atoms with Crippen LogP contribution in [0.2, 0.25) is 0 Å². The smallest absolute Gasteiger partial charge is 0.200 e. The zero-order valence-electron chi connectivity index (χ0n) is 9.66. The van der Waals surface area contributed by atoms with Gasteiger partial charge in [0.2, 0.25) is 5.82 Å². The minimum Gasteiger partial charge on any atom is -0.486 e. The Labute approximate surface area is 117 Å². The first-order valence-corrected chi connectivity index (χ1v) is 6.16. The van der Waals surface area contributed by atoms with Gasteiger partial charge in [-0.3, -0.25) is 0 Å². The normalized spacial score (nSPS) is 10.0. The molecule has 0 saturated heterocycles. The third kappa shape index (κ3) is 3.09. The van der Waals surface area contributed by atoms with Crippen LogP contribution in [-0.4, -0.2) is 0 Å². The molecule has 0 heterocycles. The average Bonchev–Trinajstić information content (AvgIpc) is 2.41. The van der Waals surface area contributed by atoms with E-state index in [1.54, 1.807) is 24.3 Å². The summed E-state index contributed by atoms with van der Waals surface area (Å²) >= 11 is 3.06. The number of hydrogen-bond donors (Lipinski definition) is 0. The molecule has 0 amide bonds. The number of nitriles is 1. The maximum Gasteiger partial charge on any atom is 0.200 e. The molecular weight excluding hydrogens is 316 g/mol. The highest BCUT2D eigenvalue weighted by Gasteiger charge is 2.12. The summed E-state index contributed by atoms with van der Waals surface area (Å²) in [5, 5.41) is 8.91. The van der Waals surface area contributed by atoms with Crippen molar-refractivity contribution in [2.75, 3.05) is 0 Å². The Kier molecular flexibility index (Phi) is 4.13. The molecule has 5 heteroatoms. The maximum atomic E-state index is 13.5. The van der Waals surface area contributed by atoms with Gasteiger partial charge >= 0.3 is 0 Å². The van der Waals surface area contributed by atoms with E-state index in [1.807, 2.05) is 6.07 Å². The number of rotatable bonds is 3. The van der Waals surface area contributed by atoms with Gasteiger partial charge in [0.25, 0.3) is 0 Å². The van der Waals surface area contributed by atoms with Gasteiger partial charge in [0.15, 0.2) is 11.6 Å². The Morgan fingerprint density at radius 3 is 2.68 bits per heavy atom. The zero-order chi connectivity index (χ0) is 13.8. The van der Waals surface area contributed by atoms with Crippen LogP contribution in [0.4, 0.5) is 8.78 Å². The molecule has 0 N–H and O–H groups in total. The number of halogens is 3. The van der Waals surface area contributed by atoms with E-state index in [9.17, 15) is 8.78 Å². The Hall–Kier alpha value is -1.93. The molecule has 0 aliphatic rings. The van der Waals surface area contributed by atoms with Crippen molar-refractivity contribution in [1.82, 2.24) is 0 Å². The molecule has 0 unspecified atom stereocenters. The Bertz CT molecular complexity index is 652. The standard InChI is InChI=1S/C14H8BrF2NO/c15-11-5-12(16)14(17)13(6-11)19-8-10-4-2-1-3-9(10)7-18/h1-6H,8H2. The van der Waals surface area contributed by atoms with Crippen molar-refractivity contribution in [3.8, 4) is 11.8 Å². The first-order chi connectivity index (χ1) is 9.11. The minimum absolute atomic E-state index is 0.00343. The van der Waals surface area contributed by atoms with Crippen LogP contribution in [0.25, 0.3) is 0 Å².